The van der Waals surface area contributed by atoms with Crippen LogP contribution >= 0.6 is 0 Å². The maximum Gasteiger partial charge on any atom is 0.162 e. The molecule has 1 aromatic carbocycles. The van der Waals surface area contributed by atoms with E-state index >= 15 is 0 Å². The summed E-state index contributed by atoms with van der Waals surface area (Å²) < 4.78 is 0. The Kier molecular flexibility index (Phi) is 4.06. The summed E-state index contributed by atoms with van der Waals surface area (Å²) in [7, 11) is 0. The van der Waals surface area contributed by atoms with E-state index < -0.39 is 0 Å². The van der Waals surface area contributed by atoms with Gasteiger partial charge in [-0.2, -0.15) is 0 Å². The third-order valence-corrected chi connectivity index (χ3v) is 2.50. The van der Waals surface area contributed by atoms with Crippen LogP contribution in [0.25, 0.3) is 0 Å². The average molecular weight is 244 g/mol. The molecule has 5 N–H and O–H groups in total. The normalized spacial score (nSPS) is 10.1. The smallest absolute Gasteiger partial charge is 0.162 e. The van der Waals surface area contributed by atoms with E-state index in [9.17, 15) is 0 Å². The van der Waals surface area contributed by atoms with Gasteiger partial charge in [0.25, 0.3) is 0 Å². The van der Waals surface area contributed by atoms with Crippen LogP contribution in [0.1, 0.15) is 0 Å². The largest absolute Gasteiger partial charge is 0.329 e. The molecule has 0 atom stereocenters. The maximum absolute atomic E-state index is 5.64. The molecule has 2 aromatic rings. The van der Waals surface area contributed by atoms with Crippen molar-refractivity contribution in [2.45, 2.75) is 0 Å². The summed E-state index contributed by atoms with van der Waals surface area (Å²) in [6.45, 7) is 1.21. The molecule has 1 aromatic heterocycles. The van der Waals surface area contributed by atoms with E-state index in [-0.39, 0.29) is 0 Å². The van der Waals surface area contributed by atoms with Crippen LogP contribution in [-0.4, -0.2) is 23.3 Å². The van der Waals surface area contributed by atoms with Crippen LogP contribution in [-0.2, 0) is 0 Å². The van der Waals surface area contributed by atoms with Gasteiger partial charge in [0.05, 0.1) is 0 Å². The van der Waals surface area contributed by atoms with Crippen molar-refractivity contribution in [2.24, 2.45) is 11.6 Å². The minimum Gasteiger partial charge on any atom is -0.329 e. The summed E-state index contributed by atoms with van der Waals surface area (Å²) in [6, 6.07) is 13.6. The first kappa shape index (κ1) is 12.3. The second kappa shape index (κ2) is 5.95. The number of aromatic nitrogens is 2. The maximum atomic E-state index is 5.64. The second-order valence-corrected chi connectivity index (χ2v) is 3.70. The molecule has 2 rings (SSSR count). The van der Waals surface area contributed by atoms with Crippen LogP contribution in [0.3, 0.4) is 0 Å². The minimum atomic E-state index is 0.527. The lowest BCUT2D eigenvalue weighted by atomic mass is 10.3. The first-order valence-electron chi connectivity index (χ1n) is 5.68. The summed E-state index contributed by atoms with van der Waals surface area (Å²) in [5.74, 6) is 6.53. The standard InChI is InChI=1S/C12H16N6/c13-8-9-18(10-4-2-1-3-5-10)12-7-6-11(15-14)16-17-12/h1-7H,8-9,13-14H2,(H,15,16). The zero-order valence-corrected chi connectivity index (χ0v) is 9.95. The molecule has 0 saturated carbocycles. The van der Waals surface area contributed by atoms with Gasteiger partial charge in [-0.1, -0.05) is 18.2 Å². The Morgan fingerprint density at radius 3 is 2.39 bits per heavy atom. The molecule has 94 valence electrons. The molecule has 0 aliphatic rings. The molecule has 6 heteroatoms. The van der Waals surface area contributed by atoms with Crippen molar-refractivity contribution in [3.05, 3.63) is 42.5 Å². The Balaban J connectivity index is 2.29. The van der Waals surface area contributed by atoms with Crippen LogP contribution < -0.4 is 21.9 Å². The van der Waals surface area contributed by atoms with Crippen LogP contribution in [0.4, 0.5) is 17.3 Å². The summed E-state index contributed by atoms with van der Waals surface area (Å²) in [5.41, 5.74) is 9.12. The Labute approximate surface area is 106 Å². The van der Waals surface area contributed by atoms with Gasteiger partial charge in [-0.05, 0) is 24.3 Å². The number of para-hydroxylation sites is 1. The van der Waals surface area contributed by atoms with Crippen molar-refractivity contribution in [2.75, 3.05) is 23.4 Å². The van der Waals surface area contributed by atoms with E-state index in [1.807, 2.05) is 41.3 Å². The van der Waals surface area contributed by atoms with E-state index in [0.717, 1.165) is 11.5 Å². The predicted octanol–water partition coefficient (Wildman–Crippen LogP) is 0.859. The number of rotatable bonds is 5. The average Bonchev–Trinajstić information content (AvgIpc) is 2.46. The zero-order valence-electron chi connectivity index (χ0n) is 9.95. The highest BCUT2D eigenvalue weighted by Crippen LogP contribution is 2.22. The Hall–Kier alpha value is -2.18. The second-order valence-electron chi connectivity index (χ2n) is 3.70. The van der Waals surface area contributed by atoms with Crippen LogP contribution in [0.2, 0.25) is 0 Å². The number of nitrogen functional groups attached to an aromatic ring is 1. The number of benzene rings is 1. The number of hydrogen-bond acceptors (Lipinski definition) is 6. The molecular formula is C12H16N6. The molecule has 0 bridgehead atoms. The number of hydrazine groups is 1. The van der Waals surface area contributed by atoms with Crippen molar-refractivity contribution in [1.82, 2.24) is 10.2 Å². The summed E-state index contributed by atoms with van der Waals surface area (Å²) >= 11 is 0. The lowest BCUT2D eigenvalue weighted by Crippen LogP contribution is -2.26. The van der Waals surface area contributed by atoms with Crippen molar-refractivity contribution in [3.8, 4) is 0 Å². The molecule has 1 heterocycles. The predicted molar refractivity (Wildman–Crippen MR) is 72.3 cm³/mol. The lowest BCUT2D eigenvalue weighted by Gasteiger charge is -2.22. The van der Waals surface area contributed by atoms with E-state index in [4.69, 9.17) is 11.6 Å². The molecule has 0 spiro atoms. The molecule has 0 aliphatic carbocycles. The van der Waals surface area contributed by atoms with Gasteiger partial charge < -0.3 is 16.1 Å². The van der Waals surface area contributed by atoms with Gasteiger partial charge in [-0.3, -0.25) is 0 Å². The van der Waals surface area contributed by atoms with Gasteiger partial charge in [0.1, 0.15) is 0 Å². The van der Waals surface area contributed by atoms with Crippen molar-refractivity contribution < 1.29 is 0 Å². The van der Waals surface area contributed by atoms with Gasteiger partial charge >= 0.3 is 0 Å². The minimum absolute atomic E-state index is 0.527. The Morgan fingerprint density at radius 1 is 1.06 bits per heavy atom. The summed E-state index contributed by atoms with van der Waals surface area (Å²) in [6.07, 6.45) is 0. The van der Waals surface area contributed by atoms with Crippen molar-refractivity contribution in [3.63, 3.8) is 0 Å². The molecule has 0 unspecified atom stereocenters. The van der Waals surface area contributed by atoms with Crippen molar-refractivity contribution >= 4 is 17.3 Å². The Bertz CT molecular complexity index is 470. The highest BCUT2D eigenvalue weighted by Gasteiger charge is 2.09. The van der Waals surface area contributed by atoms with Gasteiger partial charge in [-0.15, -0.1) is 10.2 Å². The highest BCUT2D eigenvalue weighted by atomic mass is 15.3. The molecule has 0 saturated heterocycles. The molecule has 0 radical (unpaired) electrons. The van der Waals surface area contributed by atoms with Gasteiger partial charge in [0, 0.05) is 18.8 Å². The molecule has 6 nitrogen and oxygen atoms in total. The van der Waals surface area contributed by atoms with E-state index in [1.165, 1.54) is 0 Å². The molecule has 18 heavy (non-hydrogen) atoms. The van der Waals surface area contributed by atoms with Gasteiger partial charge in [0.15, 0.2) is 11.6 Å². The summed E-state index contributed by atoms with van der Waals surface area (Å²) in [4.78, 5) is 2.01. The summed E-state index contributed by atoms with van der Waals surface area (Å²) in [5, 5.41) is 8.08. The SMILES string of the molecule is NCCN(c1ccccc1)c1ccc(NN)nn1. The van der Waals surface area contributed by atoms with Crippen LogP contribution in [0, 0.1) is 0 Å². The van der Waals surface area contributed by atoms with E-state index in [1.54, 1.807) is 6.07 Å². The lowest BCUT2D eigenvalue weighted by molar-refractivity contribution is 0.880. The molecular weight excluding hydrogens is 228 g/mol. The Morgan fingerprint density at radius 2 is 1.83 bits per heavy atom. The highest BCUT2D eigenvalue weighted by molar-refractivity contribution is 5.60. The molecule has 0 aliphatic heterocycles. The van der Waals surface area contributed by atoms with E-state index in [0.29, 0.717) is 18.9 Å². The quantitative estimate of drug-likeness (QED) is 0.533. The first-order chi connectivity index (χ1) is 8.85. The fraction of sp³-hybridized carbons (Fsp3) is 0.167. The third kappa shape index (κ3) is 2.73. The fourth-order valence-electron chi connectivity index (χ4n) is 1.66. The zero-order chi connectivity index (χ0) is 12.8. The van der Waals surface area contributed by atoms with Gasteiger partial charge in [-0.25, -0.2) is 5.84 Å². The number of anilines is 3. The number of nitrogens with one attached hydrogen (secondary N) is 1. The monoisotopic (exact) mass is 244 g/mol. The first-order valence-corrected chi connectivity index (χ1v) is 5.68. The van der Waals surface area contributed by atoms with Crippen molar-refractivity contribution in [1.29, 1.82) is 0 Å². The third-order valence-electron chi connectivity index (χ3n) is 2.50. The topological polar surface area (TPSA) is 93.1 Å². The van der Waals surface area contributed by atoms with E-state index in [2.05, 4.69) is 15.6 Å². The van der Waals surface area contributed by atoms with Crippen LogP contribution in [0.5, 0.6) is 0 Å². The molecule has 0 amide bonds. The number of hydrogen-bond donors (Lipinski definition) is 3. The fourth-order valence-corrected chi connectivity index (χ4v) is 1.66. The molecule has 0 fully saturated rings. The van der Waals surface area contributed by atoms with Crippen LogP contribution in [0.15, 0.2) is 42.5 Å². The van der Waals surface area contributed by atoms with Gasteiger partial charge in [0.2, 0.25) is 0 Å². The number of nitrogens with two attached hydrogens (primary N) is 2. The number of nitrogens with zero attached hydrogens (tertiary/aromatic N) is 3.